The molecule has 6 heteroatoms. The van der Waals surface area contributed by atoms with Crippen molar-refractivity contribution in [1.82, 2.24) is 0 Å². The molecule has 0 spiro atoms. The van der Waals surface area contributed by atoms with E-state index in [4.69, 9.17) is 14.4 Å². The van der Waals surface area contributed by atoms with Gasteiger partial charge in [-0.25, -0.2) is 0 Å². The Balaban J connectivity index is -0.00000000321. The Morgan fingerprint density at radius 3 is 0.556 bits per heavy atom. The first-order valence-electron chi connectivity index (χ1n) is 0.612. The van der Waals surface area contributed by atoms with Crippen LogP contribution in [0.15, 0.2) is 0 Å². The van der Waals surface area contributed by atoms with Gasteiger partial charge in [0.15, 0.2) is 0 Å². The van der Waals surface area contributed by atoms with Crippen LogP contribution in [0.2, 0.25) is 0 Å². The van der Waals surface area contributed by atoms with Crippen molar-refractivity contribution in [2.24, 2.45) is 0 Å². The van der Waals surface area contributed by atoms with Crippen molar-refractivity contribution in [3.8, 4) is 0 Å². The molecule has 0 aliphatic heterocycles. The van der Waals surface area contributed by atoms with E-state index in [2.05, 4.69) is 20.4 Å². The molecule has 0 rings (SSSR count). The zero-order valence-corrected chi connectivity index (χ0v) is 9.77. The van der Waals surface area contributed by atoms with Gasteiger partial charge in [-0.15, -0.1) is 0 Å². The average Bonchev–Trinajstić information content (AvgIpc) is 1.81. The van der Waals surface area contributed by atoms with Crippen LogP contribution in [0.3, 0.4) is 0 Å². The Morgan fingerprint density at radius 2 is 0.556 bits per heavy atom. The molecule has 0 aliphatic carbocycles. The van der Waals surface area contributed by atoms with Crippen LogP contribution < -0.4 is 48.0 Å². The molecule has 7 radical (unpaired) electrons. The number of halogens is 2. The molecule has 0 heterocycles. The van der Waals surface area contributed by atoms with E-state index < -0.39 is 0 Å². The van der Waals surface area contributed by atoms with Crippen LogP contribution in [-0.2, 0) is 33.9 Å². The summed E-state index contributed by atoms with van der Waals surface area (Å²) >= 11 is 0. The molecule has 3 nitrogen and oxygen atoms in total. The third kappa shape index (κ3) is 383. The topological polar surface area (TPSA) is 51.2 Å². The average molecular weight is 441 g/mol. The largest absolute Gasteiger partial charge is 2.00 e. The van der Waals surface area contributed by atoms with E-state index in [0.717, 1.165) is 0 Å². The van der Waals surface area contributed by atoms with Crippen LogP contribution in [0.5, 0.6) is 0 Å². The Kier molecular flexibility index (Phi) is 2760. The van der Waals surface area contributed by atoms with Crippen LogP contribution in [-0.4, -0.2) is 20.4 Å². The summed E-state index contributed by atoms with van der Waals surface area (Å²) in [6.45, 7) is 13.5. The fourth-order valence-electron chi connectivity index (χ4n) is 0. The summed E-state index contributed by atoms with van der Waals surface area (Å²) in [4.78, 5) is 22.5. The molecule has 0 aromatic heterocycles. The van der Waals surface area contributed by atoms with Crippen molar-refractivity contribution in [3.05, 3.63) is 0 Å². The zero-order chi connectivity index (χ0) is 6.00. The van der Waals surface area contributed by atoms with E-state index in [1.165, 1.54) is 0 Å². The monoisotopic (exact) mass is 441 g/mol. The molecule has 0 amide bonds. The maximum Gasteiger partial charge on any atom is 2.00 e. The number of hydrogen-bond acceptors (Lipinski definition) is 3. The van der Waals surface area contributed by atoms with Gasteiger partial charge in [0.25, 0.3) is 20.4 Å². The van der Waals surface area contributed by atoms with Crippen molar-refractivity contribution in [2.45, 2.75) is 0 Å². The van der Waals surface area contributed by atoms with E-state index in [1.807, 2.05) is 0 Å². The zero-order valence-electron chi connectivity index (χ0n) is 3.81. The minimum absolute atomic E-state index is 0. The first-order chi connectivity index (χ1) is 3.00. The Labute approximate surface area is 101 Å². The third-order valence-electron chi connectivity index (χ3n) is 0. The summed E-state index contributed by atoms with van der Waals surface area (Å²) in [6, 6.07) is 0. The van der Waals surface area contributed by atoms with Crippen LogP contribution in [0.1, 0.15) is 0 Å². The quantitative estimate of drug-likeness (QED) is 0.278. The van der Waals surface area contributed by atoms with E-state index in [1.54, 1.807) is 0 Å². The van der Waals surface area contributed by atoms with Gasteiger partial charge in [0.2, 0.25) is 0 Å². The maximum atomic E-state index is 7.50. The van der Waals surface area contributed by atoms with Crippen LogP contribution >= 0.6 is 0 Å². The first kappa shape index (κ1) is 49.8. The Hall–Kier alpha value is 1.09. The fourth-order valence-corrected chi connectivity index (χ4v) is 0. The normalized spacial score (nSPS) is 1.33. The van der Waals surface area contributed by atoms with E-state index >= 15 is 0 Å². The number of hydrogen-bond donors (Lipinski definition) is 0. The molecule has 0 aromatic carbocycles. The molecule has 0 fully saturated rings. The van der Waals surface area contributed by atoms with Crippen molar-refractivity contribution in [3.63, 3.8) is 0 Å². The molecule has 9 heavy (non-hydrogen) atoms. The third-order valence-corrected chi connectivity index (χ3v) is 0. The van der Waals surface area contributed by atoms with Gasteiger partial charge in [-0.3, -0.25) is 14.4 Å². The summed E-state index contributed by atoms with van der Waals surface area (Å²) in [6.07, 6.45) is 0. The van der Waals surface area contributed by atoms with Crippen molar-refractivity contribution < 1.29 is 81.8 Å². The molecule has 0 aromatic rings. The van der Waals surface area contributed by atoms with E-state index in [0.29, 0.717) is 0 Å². The van der Waals surface area contributed by atoms with Crippen molar-refractivity contribution >= 4 is 20.4 Å². The van der Waals surface area contributed by atoms with Crippen LogP contribution in [0, 0.1) is 0 Å². The molecular formula is C3I2O3Rh. The minimum atomic E-state index is 0. The second-order valence-electron chi connectivity index (χ2n) is 0. The molecule has 0 saturated heterocycles. The van der Waals surface area contributed by atoms with Gasteiger partial charge in [0.1, 0.15) is 0 Å². The Morgan fingerprint density at radius 1 is 0.556 bits per heavy atom. The predicted molar refractivity (Wildman–Crippen MR) is 17.1 cm³/mol. The molecule has 0 N–H and O–H groups in total. The second-order valence-corrected chi connectivity index (χ2v) is 0. The molecule has 0 aliphatic rings. The van der Waals surface area contributed by atoms with Gasteiger partial charge >= 0.3 is 19.5 Å². The molecular weight excluding hydrogens is 441 g/mol. The van der Waals surface area contributed by atoms with E-state index in [-0.39, 0.29) is 67.4 Å². The van der Waals surface area contributed by atoms with Crippen molar-refractivity contribution in [1.29, 1.82) is 0 Å². The van der Waals surface area contributed by atoms with Gasteiger partial charge in [-0.1, -0.05) is 0 Å². The van der Waals surface area contributed by atoms with Gasteiger partial charge in [0, 0.05) is 0 Å². The SMILES string of the molecule is [C]=O.[C]=O.[C]=O.[I-].[I-].[Rh+2]. The molecule has 0 atom stereocenters. The second kappa shape index (κ2) is 498. The van der Waals surface area contributed by atoms with Crippen molar-refractivity contribution in [2.75, 3.05) is 0 Å². The number of carbonyl (C=O) groups excluding carboxylic acids is 3. The van der Waals surface area contributed by atoms with Gasteiger partial charge < -0.3 is 48.0 Å². The van der Waals surface area contributed by atoms with Gasteiger partial charge in [-0.05, 0) is 0 Å². The maximum absolute atomic E-state index is 7.50. The predicted octanol–water partition coefficient (Wildman–Crippen LogP) is -7.19. The minimum Gasteiger partial charge on any atom is -1.00 e. The molecule has 0 bridgehead atoms. The summed E-state index contributed by atoms with van der Waals surface area (Å²) in [5.41, 5.74) is 0. The van der Waals surface area contributed by atoms with Gasteiger partial charge in [-0.2, -0.15) is 0 Å². The smallest absolute Gasteiger partial charge is 1.00 e. The first-order valence-corrected chi connectivity index (χ1v) is 0.612. The fraction of sp³-hybridized carbons (Fsp3) is 0. The summed E-state index contributed by atoms with van der Waals surface area (Å²) in [7, 11) is 0. The summed E-state index contributed by atoms with van der Waals surface area (Å²) in [5.74, 6) is 0. The molecule has 53 valence electrons. The summed E-state index contributed by atoms with van der Waals surface area (Å²) < 4.78 is 0. The van der Waals surface area contributed by atoms with Crippen LogP contribution in [0.25, 0.3) is 0 Å². The number of rotatable bonds is 0. The molecule has 0 saturated carbocycles. The van der Waals surface area contributed by atoms with Crippen LogP contribution in [0.4, 0.5) is 0 Å². The molecule has 0 unspecified atom stereocenters. The van der Waals surface area contributed by atoms with Gasteiger partial charge in [0.05, 0.1) is 0 Å². The summed E-state index contributed by atoms with van der Waals surface area (Å²) in [5, 5.41) is 0. The standard InChI is InChI=1S/3CO.2HI.Rh/c3*1-2;;;/h;;;2*1H;/q;;;;;+2/p-2. The Bertz CT molecular complexity index is 21.8. The van der Waals surface area contributed by atoms with E-state index in [9.17, 15) is 0 Å².